The third-order valence-electron chi connectivity index (χ3n) is 11.5. The highest BCUT2D eigenvalue weighted by Gasteiger charge is 2.47. The molecule has 3 aliphatic carbocycles. The zero-order valence-corrected chi connectivity index (χ0v) is 24.9. The molecule has 2 nitrogen and oxygen atoms in total. The van der Waals surface area contributed by atoms with Gasteiger partial charge in [-0.05, 0) is 166 Å². The van der Waals surface area contributed by atoms with Crippen LogP contribution in [-0.4, -0.2) is 35.2 Å². The molecule has 0 atom stereocenters. The van der Waals surface area contributed by atoms with Crippen molar-refractivity contribution in [2.45, 2.75) is 155 Å². The summed E-state index contributed by atoms with van der Waals surface area (Å²) in [5.41, 5.74) is 0.623. The SMILES string of the molecule is C=CCCN1C(C)(C)CC(C2CCC(C3CCC(C4CCC(OCCC)CC4)CC3)CC2)CC1(C)C. The lowest BCUT2D eigenvalue weighted by atomic mass is 9.62. The van der Waals surface area contributed by atoms with E-state index in [4.69, 9.17) is 4.74 Å². The van der Waals surface area contributed by atoms with Gasteiger partial charge in [0.05, 0.1) is 6.10 Å². The van der Waals surface area contributed by atoms with Crippen LogP contribution < -0.4 is 0 Å². The first-order valence-corrected chi connectivity index (χ1v) is 16.2. The first-order chi connectivity index (χ1) is 17.2. The molecule has 4 rings (SSSR count). The summed E-state index contributed by atoms with van der Waals surface area (Å²) < 4.78 is 6.05. The first-order valence-electron chi connectivity index (χ1n) is 16.2. The van der Waals surface area contributed by atoms with E-state index in [1.165, 1.54) is 96.4 Å². The van der Waals surface area contributed by atoms with Gasteiger partial charge in [0.1, 0.15) is 0 Å². The Morgan fingerprint density at radius 2 is 1.06 bits per heavy atom. The van der Waals surface area contributed by atoms with Crippen molar-refractivity contribution in [2.75, 3.05) is 13.2 Å². The van der Waals surface area contributed by atoms with Crippen LogP contribution in [-0.2, 0) is 4.74 Å². The van der Waals surface area contributed by atoms with Gasteiger partial charge < -0.3 is 4.74 Å². The minimum Gasteiger partial charge on any atom is -0.378 e. The van der Waals surface area contributed by atoms with Crippen molar-refractivity contribution in [1.82, 2.24) is 4.90 Å². The van der Waals surface area contributed by atoms with Crippen LogP contribution in [0.4, 0.5) is 0 Å². The topological polar surface area (TPSA) is 12.5 Å². The van der Waals surface area contributed by atoms with Gasteiger partial charge in [-0.15, -0.1) is 6.58 Å². The Labute approximate surface area is 225 Å². The molecule has 0 N–H and O–H groups in total. The van der Waals surface area contributed by atoms with E-state index < -0.39 is 0 Å². The molecule has 1 saturated heterocycles. The number of ether oxygens (including phenoxy) is 1. The van der Waals surface area contributed by atoms with E-state index in [-0.39, 0.29) is 0 Å². The van der Waals surface area contributed by atoms with E-state index in [1.807, 2.05) is 0 Å². The van der Waals surface area contributed by atoms with Gasteiger partial charge in [-0.25, -0.2) is 0 Å². The van der Waals surface area contributed by atoms with E-state index in [0.717, 1.165) is 55.0 Å². The third kappa shape index (κ3) is 6.99. The summed E-state index contributed by atoms with van der Waals surface area (Å²) in [5.74, 6) is 6.01. The molecule has 2 heteroatoms. The van der Waals surface area contributed by atoms with Crippen LogP contribution in [0.1, 0.15) is 137 Å². The highest BCUT2D eigenvalue weighted by molar-refractivity contribution is 5.02. The third-order valence-corrected chi connectivity index (χ3v) is 11.5. The Kier molecular flexibility index (Phi) is 10.1. The van der Waals surface area contributed by atoms with Gasteiger partial charge in [0.2, 0.25) is 0 Å². The summed E-state index contributed by atoms with van der Waals surface area (Å²) in [7, 11) is 0. The number of likely N-dealkylation sites (tertiary alicyclic amines) is 1. The van der Waals surface area contributed by atoms with Gasteiger partial charge in [0, 0.05) is 24.2 Å². The van der Waals surface area contributed by atoms with Gasteiger partial charge in [0.15, 0.2) is 0 Å². The lowest BCUT2D eigenvalue weighted by Crippen LogP contribution is -2.61. The minimum atomic E-state index is 0.311. The molecule has 0 bridgehead atoms. The fraction of sp³-hybridized carbons (Fsp3) is 0.941. The molecule has 36 heavy (non-hydrogen) atoms. The fourth-order valence-corrected chi connectivity index (χ4v) is 9.74. The molecular formula is C34H61NO. The summed E-state index contributed by atoms with van der Waals surface area (Å²) in [6.45, 7) is 18.4. The molecule has 4 aliphatic rings. The Hall–Kier alpha value is -0.340. The van der Waals surface area contributed by atoms with Gasteiger partial charge in [-0.3, -0.25) is 4.90 Å². The first kappa shape index (κ1) is 28.7. The smallest absolute Gasteiger partial charge is 0.0575 e. The van der Waals surface area contributed by atoms with Crippen LogP contribution in [0.15, 0.2) is 12.7 Å². The van der Waals surface area contributed by atoms with Crippen molar-refractivity contribution in [3.8, 4) is 0 Å². The largest absolute Gasteiger partial charge is 0.378 e. The quantitative estimate of drug-likeness (QED) is 0.293. The standard InChI is InChI=1S/C34H61NO/c1-7-9-22-35-33(3,4)24-31(25-34(35,5)6)30-16-14-27(15-17-30)26-10-12-28(13-11-26)29-18-20-32(21-19-29)36-23-8-2/h7,26-32H,1,8-25H2,2-6H3. The normalized spacial score (nSPS) is 38.0. The van der Waals surface area contributed by atoms with E-state index in [1.54, 1.807) is 0 Å². The minimum absolute atomic E-state index is 0.311. The molecule has 0 aromatic rings. The Balaban J connectivity index is 1.20. The molecule has 0 aromatic heterocycles. The number of hydrogen-bond donors (Lipinski definition) is 0. The second-order valence-electron chi connectivity index (χ2n) is 14.8. The molecule has 208 valence electrons. The second kappa shape index (κ2) is 12.7. The van der Waals surface area contributed by atoms with Crippen molar-refractivity contribution < 1.29 is 4.74 Å². The van der Waals surface area contributed by atoms with Crippen LogP contribution in [0.2, 0.25) is 0 Å². The monoisotopic (exact) mass is 499 g/mol. The molecule has 4 fully saturated rings. The van der Waals surface area contributed by atoms with Crippen LogP contribution in [0, 0.1) is 35.5 Å². The zero-order valence-electron chi connectivity index (χ0n) is 24.9. The van der Waals surface area contributed by atoms with E-state index in [9.17, 15) is 0 Å². The Bertz CT molecular complexity index is 641. The zero-order chi connectivity index (χ0) is 25.8. The number of hydrogen-bond acceptors (Lipinski definition) is 2. The fourth-order valence-electron chi connectivity index (χ4n) is 9.74. The lowest BCUT2D eigenvalue weighted by molar-refractivity contribution is -0.0682. The molecule has 0 spiro atoms. The van der Waals surface area contributed by atoms with Crippen LogP contribution in [0.3, 0.4) is 0 Å². The van der Waals surface area contributed by atoms with Crippen molar-refractivity contribution in [2.24, 2.45) is 35.5 Å². The number of nitrogens with zero attached hydrogens (tertiary/aromatic N) is 1. The molecular weight excluding hydrogens is 438 g/mol. The highest BCUT2D eigenvalue weighted by Crippen LogP contribution is 2.50. The van der Waals surface area contributed by atoms with Crippen LogP contribution >= 0.6 is 0 Å². The summed E-state index contributed by atoms with van der Waals surface area (Å²) in [4.78, 5) is 2.80. The van der Waals surface area contributed by atoms with Crippen molar-refractivity contribution in [3.05, 3.63) is 12.7 Å². The molecule has 1 heterocycles. The lowest BCUT2D eigenvalue weighted by Gasteiger charge is -2.57. The van der Waals surface area contributed by atoms with Gasteiger partial charge in [0.25, 0.3) is 0 Å². The van der Waals surface area contributed by atoms with Gasteiger partial charge >= 0.3 is 0 Å². The average Bonchev–Trinajstić information content (AvgIpc) is 2.87. The molecule has 0 amide bonds. The van der Waals surface area contributed by atoms with Crippen molar-refractivity contribution in [3.63, 3.8) is 0 Å². The molecule has 0 aromatic carbocycles. The maximum Gasteiger partial charge on any atom is 0.0575 e. The van der Waals surface area contributed by atoms with E-state index in [2.05, 4.69) is 52.2 Å². The number of piperidine rings is 1. The predicted octanol–water partition coefficient (Wildman–Crippen LogP) is 9.43. The summed E-state index contributed by atoms with van der Waals surface area (Å²) >= 11 is 0. The summed E-state index contributed by atoms with van der Waals surface area (Å²) in [6, 6.07) is 0. The Morgan fingerprint density at radius 3 is 1.44 bits per heavy atom. The van der Waals surface area contributed by atoms with Crippen LogP contribution in [0.25, 0.3) is 0 Å². The Morgan fingerprint density at radius 1 is 0.667 bits per heavy atom. The average molecular weight is 500 g/mol. The number of rotatable bonds is 9. The second-order valence-corrected chi connectivity index (χ2v) is 14.8. The maximum absolute atomic E-state index is 6.05. The van der Waals surface area contributed by atoms with Crippen LogP contribution in [0.5, 0.6) is 0 Å². The maximum atomic E-state index is 6.05. The van der Waals surface area contributed by atoms with E-state index in [0.29, 0.717) is 17.2 Å². The predicted molar refractivity (Wildman–Crippen MR) is 155 cm³/mol. The summed E-state index contributed by atoms with van der Waals surface area (Å²) in [6.07, 6.45) is 25.5. The molecule has 1 aliphatic heterocycles. The molecule has 0 radical (unpaired) electrons. The van der Waals surface area contributed by atoms with E-state index >= 15 is 0 Å². The van der Waals surface area contributed by atoms with Gasteiger partial charge in [-0.1, -0.05) is 13.0 Å². The van der Waals surface area contributed by atoms with Gasteiger partial charge in [-0.2, -0.15) is 0 Å². The molecule has 3 saturated carbocycles. The van der Waals surface area contributed by atoms with Crippen molar-refractivity contribution >= 4 is 0 Å². The highest BCUT2D eigenvalue weighted by atomic mass is 16.5. The summed E-state index contributed by atoms with van der Waals surface area (Å²) in [5, 5.41) is 0. The van der Waals surface area contributed by atoms with Crippen molar-refractivity contribution in [1.29, 1.82) is 0 Å². The molecule has 0 unspecified atom stereocenters.